The summed E-state index contributed by atoms with van der Waals surface area (Å²) in [6.07, 6.45) is 0.942. The minimum Gasteiger partial charge on any atom is -0.435 e. The van der Waals surface area contributed by atoms with Crippen LogP contribution in [0.5, 0.6) is 0 Å². The van der Waals surface area contributed by atoms with Gasteiger partial charge < -0.3 is 9.84 Å². The summed E-state index contributed by atoms with van der Waals surface area (Å²) in [5.74, 6) is 0.154. The fraction of sp³-hybridized carbons (Fsp3) is 0.917. The van der Waals surface area contributed by atoms with Crippen LogP contribution < -0.4 is 0 Å². The topological polar surface area (TPSA) is 46.5 Å². The largest absolute Gasteiger partial charge is 0.435 e. The van der Waals surface area contributed by atoms with Gasteiger partial charge in [-0.25, -0.2) is 0 Å². The standard InChI is InChI=1S/C12H24O3/c1-6-7-10(13)15-11(14)12(4,5)8-9(2)3/h9,11,14H,6-8H2,1-5H3. The summed E-state index contributed by atoms with van der Waals surface area (Å²) in [5, 5.41) is 9.78. The molecule has 0 radical (unpaired) electrons. The Bertz CT molecular complexity index is 197. The number of ether oxygens (including phenoxy) is 1. The van der Waals surface area contributed by atoms with Crippen molar-refractivity contribution in [2.75, 3.05) is 0 Å². The Morgan fingerprint density at radius 3 is 2.33 bits per heavy atom. The van der Waals surface area contributed by atoms with Crippen molar-refractivity contribution < 1.29 is 14.6 Å². The van der Waals surface area contributed by atoms with E-state index in [0.29, 0.717) is 12.3 Å². The van der Waals surface area contributed by atoms with E-state index in [-0.39, 0.29) is 11.4 Å². The highest BCUT2D eigenvalue weighted by Crippen LogP contribution is 2.30. The van der Waals surface area contributed by atoms with Crippen molar-refractivity contribution in [3.05, 3.63) is 0 Å². The number of carbonyl (C=O) groups excluding carboxylic acids is 1. The van der Waals surface area contributed by atoms with Crippen LogP contribution in [0.4, 0.5) is 0 Å². The summed E-state index contributed by atoms with van der Waals surface area (Å²) in [6.45, 7) is 9.91. The van der Waals surface area contributed by atoms with Crippen LogP contribution in [-0.4, -0.2) is 17.4 Å². The third-order valence-electron chi connectivity index (χ3n) is 2.30. The van der Waals surface area contributed by atoms with Crippen molar-refractivity contribution in [3.63, 3.8) is 0 Å². The van der Waals surface area contributed by atoms with E-state index in [4.69, 9.17) is 4.74 Å². The maximum atomic E-state index is 11.2. The third-order valence-corrected chi connectivity index (χ3v) is 2.30. The normalized spacial score (nSPS) is 14.1. The summed E-state index contributed by atoms with van der Waals surface area (Å²) in [5.41, 5.74) is -0.377. The minimum absolute atomic E-state index is 0.318. The molecule has 0 aromatic heterocycles. The molecule has 90 valence electrons. The second-order valence-corrected chi connectivity index (χ2v) is 5.18. The number of esters is 1. The van der Waals surface area contributed by atoms with Crippen LogP contribution >= 0.6 is 0 Å². The van der Waals surface area contributed by atoms with Crippen LogP contribution in [0.2, 0.25) is 0 Å². The molecule has 0 saturated carbocycles. The Morgan fingerprint density at radius 1 is 1.40 bits per heavy atom. The molecule has 1 unspecified atom stereocenters. The van der Waals surface area contributed by atoms with Crippen molar-refractivity contribution in [1.29, 1.82) is 0 Å². The van der Waals surface area contributed by atoms with Crippen molar-refractivity contribution >= 4 is 5.97 Å². The van der Waals surface area contributed by atoms with Gasteiger partial charge in [-0.05, 0) is 18.8 Å². The lowest BCUT2D eigenvalue weighted by Crippen LogP contribution is -2.34. The summed E-state index contributed by atoms with van der Waals surface area (Å²) >= 11 is 0. The van der Waals surface area contributed by atoms with Gasteiger partial charge in [0.05, 0.1) is 0 Å². The predicted molar refractivity (Wildman–Crippen MR) is 60.2 cm³/mol. The molecule has 0 fully saturated rings. The van der Waals surface area contributed by atoms with Gasteiger partial charge in [-0.2, -0.15) is 0 Å². The highest BCUT2D eigenvalue weighted by Gasteiger charge is 2.31. The maximum absolute atomic E-state index is 11.2. The fourth-order valence-corrected chi connectivity index (χ4v) is 1.70. The molecule has 15 heavy (non-hydrogen) atoms. The first-order valence-electron chi connectivity index (χ1n) is 5.67. The summed E-state index contributed by atoms with van der Waals surface area (Å²) in [4.78, 5) is 11.2. The molecule has 0 aromatic carbocycles. The molecule has 1 atom stereocenters. The predicted octanol–water partition coefficient (Wildman–Crippen LogP) is 2.72. The molecule has 0 bridgehead atoms. The van der Waals surface area contributed by atoms with Crippen molar-refractivity contribution in [2.45, 2.75) is 60.2 Å². The third kappa shape index (κ3) is 5.78. The molecule has 0 amide bonds. The molecule has 0 heterocycles. The first-order valence-corrected chi connectivity index (χ1v) is 5.67. The average Bonchev–Trinajstić information content (AvgIpc) is 2.01. The molecular formula is C12H24O3. The highest BCUT2D eigenvalue weighted by molar-refractivity contribution is 5.69. The maximum Gasteiger partial charge on any atom is 0.308 e. The van der Waals surface area contributed by atoms with Gasteiger partial charge >= 0.3 is 5.97 Å². The van der Waals surface area contributed by atoms with Crippen LogP contribution in [0, 0.1) is 11.3 Å². The Balaban J connectivity index is 4.17. The van der Waals surface area contributed by atoms with Crippen molar-refractivity contribution in [1.82, 2.24) is 0 Å². The van der Waals surface area contributed by atoms with Gasteiger partial charge in [0.2, 0.25) is 6.29 Å². The van der Waals surface area contributed by atoms with Crippen LogP contribution in [0.15, 0.2) is 0 Å². The molecule has 0 aromatic rings. The van der Waals surface area contributed by atoms with Gasteiger partial charge in [0, 0.05) is 11.8 Å². The molecule has 1 N–H and O–H groups in total. The van der Waals surface area contributed by atoms with E-state index in [1.807, 2.05) is 20.8 Å². The number of rotatable bonds is 6. The lowest BCUT2D eigenvalue weighted by Gasteiger charge is -2.31. The molecule has 0 saturated heterocycles. The minimum atomic E-state index is -1.00. The monoisotopic (exact) mass is 216 g/mol. The second-order valence-electron chi connectivity index (χ2n) is 5.18. The lowest BCUT2D eigenvalue weighted by molar-refractivity contribution is -0.190. The van der Waals surface area contributed by atoms with E-state index < -0.39 is 6.29 Å². The van der Waals surface area contributed by atoms with Gasteiger partial charge in [-0.1, -0.05) is 34.6 Å². The number of carbonyl (C=O) groups is 1. The number of aliphatic hydroxyl groups excluding tert-OH is 1. The van der Waals surface area contributed by atoms with Gasteiger partial charge in [-0.3, -0.25) is 4.79 Å². The summed E-state index contributed by atoms with van der Waals surface area (Å²) in [6, 6.07) is 0. The molecule has 3 heteroatoms. The molecule has 3 nitrogen and oxygen atoms in total. The van der Waals surface area contributed by atoms with Crippen molar-refractivity contribution in [3.8, 4) is 0 Å². The first-order chi connectivity index (χ1) is 6.79. The number of hydrogen-bond donors (Lipinski definition) is 1. The van der Waals surface area contributed by atoms with E-state index in [2.05, 4.69) is 13.8 Å². The Hall–Kier alpha value is -0.570. The van der Waals surface area contributed by atoms with Gasteiger partial charge in [-0.15, -0.1) is 0 Å². The van der Waals surface area contributed by atoms with Crippen LogP contribution in [0.1, 0.15) is 53.9 Å². The quantitative estimate of drug-likeness (QED) is 0.548. The number of aliphatic hydroxyl groups is 1. The van der Waals surface area contributed by atoms with Crippen LogP contribution in [0.25, 0.3) is 0 Å². The molecule has 0 aliphatic rings. The zero-order valence-corrected chi connectivity index (χ0v) is 10.5. The van der Waals surface area contributed by atoms with E-state index in [9.17, 15) is 9.90 Å². The van der Waals surface area contributed by atoms with Crippen LogP contribution in [-0.2, 0) is 9.53 Å². The van der Waals surface area contributed by atoms with Gasteiger partial charge in [0.1, 0.15) is 0 Å². The average molecular weight is 216 g/mol. The summed E-state index contributed by atoms with van der Waals surface area (Å²) < 4.78 is 4.97. The van der Waals surface area contributed by atoms with E-state index in [1.165, 1.54) is 0 Å². The number of hydrogen-bond acceptors (Lipinski definition) is 3. The highest BCUT2D eigenvalue weighted by atomic mass is 16.6. The van der Waals surface area contributed by atoms with Gasteiger partial charge in [0.15, 0.2) is 0 Å². The van der Waals surface area contributed by atoms with Gasteiger partial charge in [0.25, 0.3) is 0 Å². The first kappa shape index (κ1) is 14.4. The zero-order valence-electron chi connectivity index (χ0n) is 10.5. The summed E-state index contributed by atoms with van der Waals surface area (Å²) in [7, 11) is 0. The lowest BCUT2D eigenvalue weighted by atomic mass is 9.83. The van der Waals surface area contributed by atoms with Crippen LogP contribution in [0.3, 0.4) is 0 Å². The van der Waals surface area contributed by atoms with E-state index in [0.717, 1.165) is 12.8 Å². The fourth-order valence-electron chi connectivity index (χ4n) is 1.70. The molecule has 0 aliphatic carbocycles. The smallest absolute Gasteiger partial charge is 0.308 e. The molecular weight excluding hydrogens is 192 g/mol. The zero-order chi connectivity index (χ0) is 12.1. The molecule has 0 rings (SSSR count). The Kier molecular flexibility index (Phi) is 5.88. The Labute approximate surface area is 92.8 Å². The van der Waals surface area contributed by atoms with E-state index >= 15 is 0 Å². The van der Waals surface area contributed by atoms with Crippen molar-refractivity contribution in [2.24, 2.45) is 11.3 Å². The molecule has 0 aliphatic heterocycles. The second kappa shape index (κ2) is 6.11. The Morgan fingerprint density at radius 2 is 1.93 bits per heavy atom. The molecule has 0 spiro atoms. The van der Waals surface area contributed by atoms with E-state index in [1.54, 1.807) is 0 Å². The SMILES string of the molecule is CCCC(=O)OC(O)C(C)(C)CC(C)C.